The third-order valence-corrected chi connectivity index (χ3v) is 3.23. The van der Waals surface area contributed by atoms with Gasteiger partial charge in [-0.3, -0.25) is 0 Å². The van der Waals surface area contributed by atoms with Crippen LogP contribution in [0.15, 0.2) is 35.5 Å². The summed E-state index contributed by atoms with van der Waals surface area (Å²) in [5, 5.41) is 0.441. The molecule has 0 saturated heterocycles. The number of rotatable bonds is 3. The Bertz CT molecular complexity index is 545. The highest BCUT2D eigenvalue weighted by atomic mass is 32.2. The number of aromatic nitrogens is 2. The summed E-state index contributed by atoms with van der Waals surface area (Å²) < 4.78 is 13.7. The minimum atomic E-state index is -0.466. The van der Waals surface area contributed by atoms with Gasteiger partial charge in [-0.25, -0.2) is 4.98 Å². The molecule has 0 fully saturated rings. The molecule has 0 unspecified atom stereocenters. The second-order valence-corrected chi connectivity index (χ2v) is 4.62. The molecule has 0 saturated carbocycles. The highest BCUT2D eigenvalue weighted by Crippen LogP contribution is 2.27. The van der Waals surface area contributed by atoms with Crippen molar-refractivity contribution >= 4 is 23.3 Å². The molecule has 1 heterocycles. The van der Waals surface area contributed by atoms with Crippen LogP contribution in [0, 0.1) is 12.9 Å². The molecule has 0 spiro atoms. The van der Waals surface area contributed by atoms with Crippen molar-refractivity contribution in [1.82, 2.24) is 9.97 Å². The van der Waals surface area contributed by atoms with E-state index < -0.39 is 5.95 Å². The van der Waals surface area contributed by atoms with Crippen molar-refractivity contribution in [3.05, 3.63) is 41.8 Å². The average molecular weight is 263 g/mol. The van der Waals surface area contributed by atoms with E-state index in [4.69, 9.17) is 0 Å². The number of anilines is 2. The van der Waals surface area contributed by atoms with Crippen LogP contribution >= 0.6 is 11.8 Å². The third kappa shape index (κ3) is 2.46. The molecule has 0 radical (unpaired) electrons. The summed E-state index contributed by atoms with van der Waals surface area (Å²) in [5.41, 5.74) is 1.42. The smallest absolute Gasteiger partial charge is 0.221 e. The maximum Gasteiger partial charge on any atom is 0.221 e. The lowest BCUT2D eigenvalue weighted by atomic mass is 10.2. The van der Waals surface area contributed by atoms with Crippen LogP contribution in [0.2, 0.25) is 0 Å². The molecule has 2 aromatic rings. The van der Waals surface area contributed by atoms with Gasteiger partial charge in [0, 0.05) is 18.3 Å². The predicted octanol–water partition coefficient (Wildman–Crippen LogP) is 3.41. The fourth-order valence-electron chi connectivity index (χ4n) is 1.65. The van der Waals surface area contributed by atoms with E-state index in [2.05, 4.69) is 9.97 Å². The molecule has 0 bridgehead atoms. The summed E-state index contributed by atoms with van der Waals surface area (Å²) in [6.07, 6.45) is 1.83. The van der Waals surface area contributed by atoms with E-state index in [1.54, 1.807) is 6.92 Å². The first-order valence-electron chi connectivity index (χ1n) is 5.50. The van der Waals surface area contributed by atoms with Crippen molar-refractivity contribution in [1.29, 1.82) is 0 Å². The Hall–Kier alpha value is -1.62. The number of hydrogen-bond donors (Lipinski definition) is 0. The van der Waals surface area contributed by atoms with Gasteiger partial charge in [0.2, 0.25) is 5.95 Å². The zero-order valence-electron chi connectivity index (χ0n) is 10.5. The summed E-state index contributed by atoms with van der Waals surface area (Å²) in [6.45, 7) is 1.69. The van der Waals surface area contributed by atoms with E-state index >= 15 is 0 Å². The Morgan fingerprint density at radius 3 is 2.44 bits per heavy atom. The van der Waals surface area contributed by atoms with Gasteiger partial charge >= 0.3 is 0 Å². The third-order valence-electron chi connectivity index (χ3n) is 2.68. The largest absolute Gasteiger partial charge is 0.329 e. The molecular weight excluding hydrogens is 249 g/mol. The number of nitrogens with zero attached hydrogens (tertiary/aromatic N) is 3. The number of para-hydroxylation sites is 1. The Kier molecular flexibility index (Phi) is 3.81. The molecule has 94 valence electrons. The lowest BCUT2D eigenvalue weighted by Crippen LogP contribution is -2.14. The van der Waals surface area contributed by atoms with Crippen LogP contribution in [-0.2, 0) is 0 Å². The van der Waals surface area contributed by atoms with Crippen LogP contribution in [0.3, 0.4) is 0 Å². The predicted molar refractivity (Wildman–Crippen MR) is 73.0 cm³/mol. The molecule has 2 rings (SSSR count). The molecule has 0 N–H and O–H groups in total. The fraction of sp³-hybridized carbons (Fsp3) is 0.231. The molecule has 1 aromatic carbocycles. The molecule has 0 atom stereocenters. The summed E-state index contributed by atoms with van der Waals surface area (Å²) in [4.78, 5) is 10.0. The molecule has 0 amide bonds. The summed E-state index contributed by atoms with van der Waals surface area (Å²) in [7, 11) is 1.87. The molecule has 0 aliphatic heterocycles. The van der Waals surface area contributed by atoms with Gasteiger partial charge in [-0.2, -0.15) is 9.37 Å². The summed E-state index contributed by atoms with van der Waals surface area (Å²) in [5.74, 6) is 0.130. The van der Waals surface area contributed by atoms with Gasteiger partial charge in [0.15, 0.2) is 5.16 Å². The van der Waals surface area contributed by atoms with Crippen molar-refractivity contribution in [3.63, 3.8) is 0 Å². The standard InChI is InChI=1S/C13H14FN3S/c1-9-11(14)15-13(18-3)16-12(9)17(2)10-7-5-4-6-8-10/h4-8H,1-3H3. The zero-order chi connectivity index (χ0) is 13.1. The maximum atomic E-state index is 13.7. The van der Waals surface area contributed by atoms with E-state index in [0.29, 0.717) is 16.5 Å². The van der Waals surface area contributed by atoms with E-state index in [0.717, 1.165) is 5.69 Å². The summed E-state index contributed by atoms with van der Waals surface area (Å²) >= 11 is 1.33. The topological polar surface area (TPSA) is 29.0 Å². The number of hydrogen-bond acceptors (Lipinski definition) is 4. The van der Waals surface area contributed by atoms with Gasteiger partial charge in [-0.05, 0) is 25.3 Å². The monoisotopic (exact) mass is 263 g/mol. The van der Waals surface area contributed by atoms with Crippen LogP contribution in [0.5, 0.6) is 0 Å². The minimum Gasteiger partial charge on any atom is -0.329 e. The van der Waals surface area contributed by atoms with Crippen molar-refractivity contribution in [2.75, 3.05) is 18.2 Å². The number of thioether (sulfide) groups is 1. The lowest BCUT2D eigenvalue weighted by Gasteiger charge is -2.20. The zero-order valence-corrected chi connectivity index (χ0v) is 11.3. The van der Waals surface area contributed by atoms with E-state index in [9.17, 15) is 4.39 Å². The first-order valence-corrected chi connectivity index (χ1v) is 6.73. The Morgan fingerprint density at radius 2 is 1.83 bits per heavy atom. The minimum absolute atomic E-state index is 0.441. The van der Waals surface area contributed by atoms with Gasteiger partial charge in [0.1, 0.15) is 5.82 Å². The molecule has 1 aromatic heterocycles. The van der Waals surface area contributed by atoms with E-state index in [1.165, 1.54) is 11.8 Å². The second-order valence-electron chi connectivity index (χ2n) is 3.84. The van der Waals surface area contributed by atoms with E-state index in [-0.39, 0.29) is 0 Å². The maximum absolute atomic E-state index is 13.7. The quantitative estimate of drug-likeness (QED) is 0.482. The first-order chi connectivity index (χ1) is 8.63. The summed E-state index contributed by atoms with van der Waals surface area (Å²) in [6, 6.07) is 9.73. The van der Waals surface area contributed by atoms with Crippen LogP contribution in [-0.4, -0.2) is 23.3 Å². The Labute approximate surface area is 110 Å². The Morgan fingerprint density at radius 1 is 1.17 bits per heavy atom. The first kappa shape index (κ1) is 12.8. The van der Waals surface area contributed by atoms with Gasteiger partial charge in [0.05, 0.1) is 0 Å². The van der Waals surface area contributed by atoms with Crippen LogP contribution in [0.25, 0.3) is 0 Å². The van der Waals surface area contributed by atoms with Crippen molar-refractivity contribution in [2.45, 2.75) is 12.1 Å². The molecule has 5 heteroatoms. The average Bonchev–Trinajstić information content (AvgIpc) is 2.42. The molecule has 0 aliphatic rings. The number of benzene rings is 1. The highest BCUT2D eigenvalue weighted by molar-refractivity contribution is 7.98. The molecule has 18 heavy (non-hydrogen) atoms. The fourth-order valence-corrected chi connectivity index (χ4v) is 2.00. The van der Waals surface area contributed by atoms with Gasteiger partial charge in [0.25, 0.3) is 0 Å². The molecule has 0 aliphatic carbocycles. The second kappa shape index (κ2) is 5.35. The molecule has 3 nitrogen and oxygen atoms in total. The van der Waals surface area contributed by atoms with Crippen molar-refractivity contribution in [2.24, 2.45) is 0 Å². The number of halogens is 1. The van der Waals surface area contributed by atoms with Gasteiger partial charge in [-0.15, -0.1) is 0 Å². The highest BCUT2D eigenvalue weighted by Gasteiger charge is 2.14. The normalized spacial score (nSPS) is 10.4. The molecular formula is C13H14FN3S. The van der Waals surface area contributed by atoms with Crippen LogP contribution in [0.1, 0.15) is 5.56 Å². The van der Waals surface area contributed by atoms with E-state index in [1.807, 2.05) is 48.5 Å². The SMILES string of the molecule is CSc1nc(F)c(C)c(N(C)c2ccccc2)n1. The van der Waals surface area contributed by atoms with Gasteiger partial charge in [-0.1, -0.05) is 30.0 Å². The lowest BCUT2D eigenvalue weighted by molar-refractivity contribution is 0.553. The Balaban J connectivity index is 2.47. The van der Waals surface area contributed by atoms with Crippen LogP contribution in [0.4, 0.5) is 15.9 Å². The van der Waals surface area contributed by atoms with Crippen molar-refractivity contribution in [3.8, 4) is 0 Å². The van der Waals surface area contributed by atoms with Crippen molar-refractivity contribution < 1.29 is 4.39 Å². The van der Waals surface area contributed by atoms with Crippen LogP contribution < -0.4 is 4.90 Å². The van der Waals surface area contributed by atoms with Gasteiger partial charge < -0.3 is 4.90 Å².